The minimum atomic E-state index is -0.0431. The molecule has 1 rings (SSSR count). The van der Waals surface area contributed by atoms with Gasteiger partial charge in [-0.25, -0.2) is 0 Å². The highest BCUT2D eigenvalue weighted by molar-refractivity contribution is 5.78. The molecular formula is C11H21N5. The second-order valence-electron chi connectivity index (χ2n) is 4.87. The third-order valence-electron chi connectivity index (χ3n) is 1.92. The van der Waals surface area contributed by atoms with Crippen LogP contribution >= 0.6 is 0 Å². The molecule has 0 fully saturated rings. The van der Waals surface area contributed by atoms with E-state index in [4.69, 9.17) is 5.73 Å². The number of aryl methyl sites for hydroxylation is 1. The Kier molecular flexibility index (Phi) is 3.93. The summed E-state index contributed by atoms with van der Waals surface area (Å²) in [5, 5.41) is 7.38. The lowest BCUT2D eigenvalue weighted by molar-refractivity contribution is 0.508. The number of guanidine groups is 1. The van der Waals surface area contributed by atoms with E-state index in [1.54, 1.807) is 4.68 Å². The lowest BCUT2D eigenvalue weighted by Gasteiger charge is -2.20. The minimum absolute atomic E-state index is 0.0431. The highest BCUT2D eigenvalue weighted by atomic mass is 15.2. The van der Waals surface area contributed by atoms with Crippen molar-refractivity contribution < 1.29 is 0 Å². The van der Waals surface area contributed by atoms with E-state index in [1.165, 1.54) is 0 Å². The van der Waals surface area contributed by atoms with Crippen molar-refractivity contribution in [3.63, 3.8) is 0 Å². The topological polar surface area (TPSA) is 68.2 Å². The highest BCUT2D eigenvalue weighted by Crippen LogP contribution is 1.98. The zero-order valence-corrected chi connectivity index (χ0v) is 10.5. The van der Waals surface area contributed by atoms with Crippen molar-refractivity contribution in [3.05, 3.63) is 18.0 Å². The third-order valence-corrected chi connectivity index (χ3v) is 1.92. The average Bonchev–Trinajstić information content (AvgIpc) is 2.48. The van der Waals surface area contributed by atoms with E-state index in [1.807, 2.05) is 40.1 Å². The van der Waals surface area contributed by atoms with Crippen LogP contribution < -0.4 is 11.1 Å². The first-order valence-corrected chi connectivity index (χ1v) is 5.43. The third kappa shape index (κ3) is 4.82. The molecule has 0 aliphatic carbocycles. The van der Waals surface area contributed by atoms with Gasteiger partial charge in [-0.2, -0.15) is 5.10 Å². The summed E-state index contributed by atoms with van der Waals surface area (Å²) < 4.78 is 1.79. The Labute approximate surface area is 96.7 Å². The molecule has 0 spiro atoms. The molecule has 1 heterocycles. The van der Waals surface area contributed by atoms with Crippen LogP contribution in [0.4, 0.5) is 0 Å². The summed E-state index contributed by atoms with van der Waals surface area (Å²) in [5.74, 6) is 0.489. The van der Waals surface area contributed by atoms with Crippen molar-refractivity contribution in [1.82, 2.24) is 15.1 Å². The van der Waals surface area contributed by atoms with Crippen molar-refractivity contribution in [2.24, 2.45) is 17.8 Å². The Morgan fingerprint density at radius 1 is 1.56 bits per heavy atom. The fourth-order valence-electron chi connectivity index (χ4n) is 1.31. The standard InChI is InChI=1S/C11H21N5/c1-11(2,3)14-10(12)13-7-5-9-6-8-16(4)15-9/h6,8H,5,7H2,1-4H3,(H3,12,13,14). The number of hydrogen-bond acceptors (Lipinski definition) is 2. The van der Waals surface area contributed by atoms with Gasteiger partial charge in [-0.1, -0.05) is 0 Å². The monoisotopic (exact) mass is 223 g/mol. The maximum Gasteiger partial charge on any atom is 0.188 e. The summed E-state index contributed by atoms with van der Waals surface area (Å²) in [5.41, 5.74) is 6.74. The molecule has 1 aromatic heterocycles. The summed E-state index contributed by atoms with van der Waals surface area (Å²) in [7, 11) is 1.91. The molecule has 90 valence electrons. The van der Waals surface area contributed by atoms with Crippen molar-refractivity contribution in [3.8, 4) is 0 Å². The molecule has 0 atom stereocenters. The molecular weight excluding hydrogens is 202 g/mol. The van der Waals surface area contributed by atoms with E-state index in [0.29, 0.717) is 12.5 Å². The van der Waals surface area contributed by atoms with Crippen LogP contribution in [-0.4, -0.2) is 27.8 Å². The predicted octanol–water partition coefficient (Wildman–Crippen LogP) is 0.665. The predicted molar refractivity (Wildman–Crippen MR) is 66.3 cm³/mol. The Hall–Kier alpha value is -1.52. The molecule has 5 nitrogen and oxygen atoms in total. The number of aliphatic imine (C=N–C) groups is 1. The lowest BCUT2D eigenvalue weighted by Crippen LogP contribution is -2.45. The van der Waals surface area contributed by atoms with Crippen LogP contribution in [0.1, 0.15) is 26.5 Å². The lowest BCUT2D eigenvalue weighted by atomic mass is 10.1. The SMILES string of the molecule is Cn1ccc(CCN=C(N)NC(C)(C)C)n1. The summed E-state index contributed by atoms with van der Waals surface area (Å²) in [4.78, 5) is 4.25. The molecule has 0 saturated heterocycles. The van der Waals surface area contributed by atoms with E-state index >= 15 is 0 Å². The van der Waals surface area contributed by atoms with Crippen molar-refractivity contribution >= 4 is 5.96 Å². The Morgan fingerprint density at radius 2 is 2.25 bits per heavy atom. The summed E-state index contributed by atoms with van der Waals surface area (Å²) in [6.07, 6.45) is 2.74. The quantitative estimate of drug-likeness (QED) is 0.584. The molecule has 16 heavy (non-hydrogen) atoms. The molecule has 0 amide bonds. The van der Waals surface area contributed by atoms with E-state index in [2.05, 4.69) is 15.4 Å². The molecule has 0 aliphatic rings. The zero-order valence-electron chi connectivity index (χ0n) is 10.5. The van der Waals surface area contributed by atoms with Gasteiger partial charge in [0.2, 0.25) is 0 Å². The molecule has 0 aliphatic heterocycles. The fraction of sp³-hybridized carbons (Fsp3) is 0.636. The number of nitrogens with one attached hydrogen (secondary N) is 1. The van der Waals surface area contributed by atoms with Gasteiger partial charge in [0.25, 0.3) is 0 Å². The molecule has 0 unspecified atom stereocenters. The van der Waals surface area contributed by atoms with Gasteiger partial charge in [-0.3, -0.25) is 9.67 Å². The number of nitrogens with two attached hydrogens (primary N) is 1. The first-order valence-electron chi connectivity index (χ1n) is 5.43. The van der Waals surface area contributed by atoms with Crippen molar-refractivity contribution in [1.29, 1.82) is 0 Å². The minimum Gasteiger partial charge on any atom is -0.370 e. The second-order valence-corrected chi connectivity index (χ2v) is 4.87. The fourth-order valence-corrected chi connectivity index (χ4v) is 1.31. The zero-order chi connectivity index (χ0) is 12.2. The van der Waals surface area contributed by atoms with E-state index in [0.717, 1.165) is 12.1 Å². The van der Waals surface area contributed by atoms with Gasteiger partial charge in [-0.15, -0.1) is 0 Å². The van der Waals surface area contributed by atoms with Gasteiger partial charge in [0.15, 0.2) is 5.96 Å². The summed E-state index contributed by atoms with van der Waals surface area (Å²) in [6.45, 7) is 6.81. The van der Waals surface area contributed by atoms with Gasteiger partial charge in [0.05, 0.1) is 5.69 Å². The van der Waals surface area contributed by atoms with Gasteiger partial charge in [-0.05, 0) is 26.8 Å². The second kappa shape index (κ2) is 5.01. The normalized spacial score (nSPS) is 12.9. The van der Waals surface area contributed by atoms with Gasteiger partial charge < -0.3 is 11.1 Å². The molecule has 0 bridgehead atoms. The van der Waals surface area contributed by atoms with Crippen LogP contribution in [0.15, 0.2) is 17.3 Å². The number of nitrogens with zero attached hydrogens (tertiary/aromatic N) is 3. The van der Waals surface area contributed by atoms with Gasteiger partial charge >= 0.3 is 0 Å². The smallest absolute Gasteiger partial charge is 0.188 e. The van der Waals surface area contributed by atoms with Crippen LogP contribution in [0.2, 0.25) is 0 Å². The Morgan fingerprint density at radius 3 is 2.75 bits per heavy atom. The maximum atomic E-state index is 5.74. The Bertz CT molecular complexity index is 359. The highest BCUT2D eigenvalue weighted by Gasteiger charge is 2.09. The number of hydrogen-bond donors (Lipinski definition) is 2. The first-order chi connectivity index (χ1) is 7.37. The number of rotatable bonds is 3. The van der Waals surface area contributed by atoms with E-state index in [9.17, 15) is 0 Å². The van der Waals surface area contributed by atoms with Crippen molar-refractivity contribution in [2.75, 3.05) is 6.54 Å². The van der Waals surface area contributed by atoms with Crippen LogP contribution in [0.25, 0.3) is 0 Å². The van der Waals surface area contributed by atoms with Crippen LogP contribution in [0.3, 0.4) is 0 Å². The van der Waals surface area contributed by atoms with Crippen molar-refractivity contribution in [2.45, 2.75) is 32.7 Å². The molecule has 5 heteroatoms. The molecule has 0 saturated carbocycles. The molecule has 3 N–H and O–H groups in total. The molecule has 1 aromatic rings. The first kappa shape index (κ1) is 12.5. The average molecular weight is 223 g/mol. The molecule has 0 radical (unpaired) electrons. The van der Waals surface area contributed by atoms with Crippen LogP contribution in [0, 0.1) is 0 Å². The number of aromatic nitrogens is 2. The largest absolute Gasteiger partial charge is 0.370 e. The Balaban J connectivity index is 2.36. The summed E-state index contributed by atoms with van der Waals surface area (Å²) >= 11 is 0. The van der Waals surface area contributed by atoms with Gasteiger partial charge in [0.1, 0.15) is 0 Å². The molecule has 0 aromatic carbocycles. The van der Waals surface area contributed by atoms with E-state index in [-0.39, 0.29) is 5.54 Å². The summed E-state index contributed by atoms with van der Waals surface area (Å²) in [6, 6.07) is 1.99. The van der Waals surface area contributed by atoms with E-state index < -0.39 is 0 Å². The van der Waals surface area contributed by atoms with Crippen LogP contribution in [0.5, 0.6) is 0 Å². The maximum absolute atomic E-state index is 5.74. The van der Waals surface area contributed by atoms with Gasteiger partial charge in [0, 0.05) is 31.7 Å². The van der Waals surface area contributed by atoms with Crippen LogP contribution in [-0.2, 0) is 13.5 Å².